The molecule has 33 heavy (non-hydrogen) atoms. The Morgan fingerprint density at radius 2 is 1.79 bits per heavy atom. The number of aromatic amines is 1. The highest BCUT2D eigenvalue weighted by molar-refractivity contribution is 7.12. The molecule has 0 spiro atoms. The average molecular weight is 456 g/mol. The van der Waals surface area contributed by atoms with Gasteiger partial charge in [0.15, 0.2) is 5.13 Å². The van der Waals surface area contributed by atoms with Gasteiger partial charge in [0.2, 0.25) is 0 Å². The monoisotopic (exact) mass is 455 g/mol. The fourth-order valence-electron chi connectivity index (χ4n) is 3.85. The van der Waals surface area contributed by atoms with Crippen molar-refractivity contribution in [2.24, 2.45) is 0 Å². The van der Waals surface area contributed by atoms with Crippen LogP contribution in [0.25, 0.3) is 27.3 Å². The van der Waals surface area contributed by atoms with Crippen molar-refractivity contribution in [3.05, 3.63) is 82.8 Å². The number of carbonyl (C=O) groups is 2. The first-order chi connectivity index (χ1) is 15.9. The van der Waals surface area contributed by atoms with Gasteiger partial charge in [-0.3, -0.25) is 14.2 Å². The zero-order chi connectivity index (χ0) is 23.1. The van der Waals surface area contributed by atoms with Crippen molar-refractivity contribution < 1.29 is 9.59 Å². The summed E-state index contributed by atoms with van der Waals surface area (Å²) in [7, 11) is 0. The van der Waals surface area contributed by atoms with E-state index in [1.807, 2.05) is 67.8 Å². The van der Waals surface area contributed by atoms with E-state index in [0.717, 1.165) is 22.2 Å². The number of hydrogen-bond donors (Lipinski definition) is 2. The van der Waals surface area contributed by atoms with E-state index in [2.05, 4.69) is 15.3 Å². The molecule has 0 unspecified atom stereocenters. The van der Waals surface area contributed by atoms with Gasteiger partial charge in [0.25, 0.3) is 11.7 Å². The van der Waals surface area contributed by atoms with Crippen molar-refractivity contribution in [2.75, 3.05) is 5.32 Å². The maximum atomic E-state index is 13.0. The Kier molecular flexibility index (Phi) is 5.14. The van der Waals surface area contributed by atoms with E-state index in [1.165, 1.54) is 23.1 Å². The zero-order valence-corrected chi connectivity index (χ0v) is 19.2. The first-order valence-electron chi connectivity index (χ1n) is 10.4. The predicted molar refractivity (Wildman–Crippen MR) is 130 cm³/mol. The Labute approximate surface area is 194 Å². The lowest BCUT2D eigenvalue weighted by molar-refractivity contribution is -0.112. The molecule has 3 heterocycles. The molecule has 0 bridgehead atoms. The van der Waals surface area contributed by atoms with Crippen LogP contribution < -0.4 is 5.32 Å². The van der Waals surface area contributed by atoms with Gasteiger partial charge in [-0.05, 0) is 26.8 Å². The highest BCUT2D eigenvalue weighted by Gasteiger charge is 2.24. The minimum Gasteiger partial charge on any atom is -0.358 e. The number of thiazole rings is 1. The third-order valence-electron chi connectivity index (χ3n) is 5.54. The van der Waals surface area contributed by atoms with Crippen LogP contribution in [0.1, 0.15) is 27.4 Å². The van der Waals surface area contributed by atoms with Crippen LogP contribution in [-0.4, -0.2) is 31.2 Å². The fourth-order valence-corrected chi connectivity index (χ4v) is 4.75. The number of imidazole rings is 1. The molecule has 164 valence electrons. The number of Topliss-reactive ketones (excluding diaryl/α,β-unsaturated/α-hetero) is 1. The van der Waals surface area contributed by atoms with E-state index in [0.29, 0.717) is 28.0 Å². The lowest BCUT2D eigenvalue weighted by Gasteiger charge is -2.08. The Hall–Kier alpha value is -4.04. The number of rotatable bonds is 5. The molecule has 2 N–H and O–H groups in total. The van der Waals surface area contributed by atoms with Gasteiger partial charge < -0.3 is 10.3 Å². The van der Waals surface area contributed by atoms with Gasteiger partial charge in [0.05, 0.1) is 17.5 Å². The summed E-state index contributed by atoms with van der Waals surface area (Å²) in [5.74, 6) is -0.270. The summed E-state index contributed by atoms with van der Waals surface area (Å²) in [6.07, 6.45) is 1.54. The van der Waals surface area contributed by atoms with Gasteiger partial charge >= 0.3 is 0 Å². The lowest BCUT2D eigenvalue weighted by atomic mass is 10.1. The van der Waals surface area contributed by atoms with Gasteiger partial charge in [-0.25, -0.2) is 9.97 Å². The SMILES string of the molecule is Cc1ccc(-c2csc(-n3c(NC(=O)C(=O)c4c(C)[nH]c5ccccc45)cnc3C)n2)cc1. The highest BCUT2D eigenvalue weighted by Crippen LogP contribution is 2.28. The summed E-state index contributed by atoms with van der Waals surface area (Å²) in [5.41, 5.74) is 4.88. The quantitative estimate of drug-likeness (QED) is 0.281. The molecule has 2 aromatic carbocycles. The van der Waals surface area contributed by atoms with Crippen LogP contribution in [0.4, 0.5) is 5.82 Å². The van der Waals surface area contributed by atoms with Crippen LogP contribution in [0.15, 0.2) is 60.1 Å². The maximum absolute atomic E-state index is 13.0. The molecule has 0 atom stereocenters. The van der Waals surface area contributed by atoms with E-state index < -0.39 is 11.7 Å². The van der Waals surface area contributed by atoms with Crippen LogP contribution in [0.5, 0.6) is 0 Å². The molecule has 0 saturated heterocycles. The number of fused-ring (bicyclic) bond motifs is 1. The number of anilines is 1. The van der Waals surface area contributed by atoms with Crippen molar-refractivity contribution in [1.29, 1.82) is 0 Å². The second-order valence-electron chi connectivity index (χ2n) is 7.86. The van der Waals surface area contributed by atoms with Gasteiger partial charge in [-0.15, -0.1) is 11.3 Å². The van der Waals surface area contributed by atoms with Crippen LogP contribution in [0, 0.1) is 20.8 Å². The molecular weight excluding hydrogens is 434 g/mol. The number of hydrogen-bond acceptors (Lipinski definition) is 5. The van der Waals surface area contributed by atoms with Crippen LogP contribution in [0.2, 0.25) is 0 Å². The number of H-pyrrole nitrogens is 1. The summed E-state index contributed by atoms with van der Waals surface area (Å²) in [5, 5.41) is 6.08. The minimum atomic E-state index is -0.723. The highest BCUT2D eigenvalue weighted by atomic mass is 32.1. The summed E-state index contributed by atoms with van der Waals surface area (Å²) >= 11 is 1.44. The Morgan fingerprint density at radius 1 is 1.03 bits per heavy atom. The third-order valence-corrected chi connectivity index (χ3v) is 6.36. The molecule has 0 saturated carbocycles. The van der Waals surface area contributed by atoms with Crippen molar-refractivity contribution in [1.82, 2.24) is 19.5 Å². The van der Waals surface area contributed by atoms with E-state index in [-0.39, 0.29) is 0 Å². The van der Waals surface area contributed by atoms with Gasteiger partial charge in [-0.1, -0.05) is 48.0 Å². The number of aryl methyl sites for hydroxylation is 3. The second-order valence-corrected chi connectivity index (χ2v) is 8.70. The second kappa shape index (κ2) is 8.14. The molecule has 0 aliphatic carbocycles. The Morgan fingerprint density at radius 3 is 2.58 bits per heavy atom. The number of nitrogens with one attached hydrogen (secondary N) is 2. The largest absolute Gasteiger partial charge is 0.358 e. The van der Waals surface area contributed by atoms with Gasteiger partial charge in [-0.2, -0.15) is 0 Å². The normalized spacial score (nSPS) is 11.1. The number of aromatic nitrogens is 4. The van der Waals surface area contributed by atoms with Crippen LogP contribution in [-0.2, 0) is 4.79 Å². The van der Waals surface area contributed by atoms with E-state index >= 15 is 0 Å². The van der Waals surface area contributed by atoms with Crippen LogP contribution in [0.3, 0.4) is 0 Å². The number of benzene rings is 2. The predicted octanol–water partition coefficient (Wildman–Crippen LogP) is 5.22. The average Bonchev–Trinajstić information content (AvgIpc) is 3.50. The molecule has 1 amide bonds. The van der Waals surface area contributed by atoms with Gasteiger partial charge in [0, 0.05) is 27.5 Å². The van der Waals surface area contributed by atoms with Crippen molar-refractivity contribution in [3.8, 4) is 16.4 Å². The van der Waals surface area contributed by atoms with Crippen LogP contribution >= 0.6 is 11.3 Å². The topological polar surface area (TPSA) is 92.7 Å². The van der Waals surface area contributed by atoms with E-state index in [1.54, 1.807) is 11.5 Å². The van der Waals surface area contributed by atoms with Gasteiger partial charge in [0.1, 0.15) is 11.6 Å². The molecule has 0 fully saturated rings. The third kappa shape index (κ3) is 3.74. The maximum Gasteiger partial charge on any atom is 0.298 e. The standard InChI is InChI=1S/C25H21N5O2S/c1-14-8-10-17(11-9-14)20-13-33-25(28-20)30-16(3)26-12-21(30)29-24(32)23(31)22-15(2)27-19-7-5-4-6-18(19)22/h4-13,27H,1-3H3,(H,29,32). The zero-order valence-electron chi connectivity index (χ0n) is 18.3. The van der Waals surface area contributed by atoms with Crippen molar-refractivity contribution >= 4 is 39.7 Å². The molecule has 0 aliphatic rings. The number of carbonyl (C=O) groups excluding carboxylic acids is 2. The number of amides is 1. The van der Waals surface area contributed by atoms with Crippen molar-refractivity contribution in [2.45, 2.75) is 20.8 Å². The van der Waals surface area contributed by atoms with Crippen molar-refractivity contribution in [3.63, 3.8) is 0 Å². The summed E-state index contributed by atoms with van der Waals surface area (Å²) < 4.78 is 1.75. The minimum absolute atomic E-state index is 0.377. The lowest BCUT2D eigenvalue weighted by Crippen LogP contribution is -2.24. The van der Waals surface area contributed by atoms with E-state index in [4.69, 9.17) is 4.98 Å². The summed E-state index contributed by atoms with van der Waals surface area (Å²) in [6.45, 7) is 5.66. The number of nitrogens with zero attached hydrogens (tertiary/aromatic N) is 3. The summed E-state index contributed by atoms with van der Waals surface area (Å²) in [4.78, 5) is 38.2. The Bertz CT molecular complexity index is 1510. The molecule has 0 aliphatic heterocycles. The molecule has 7 nitrogen and oxygen atoms in total. The fraction of sp³-hybridized carbons (Fsp3) is 0.120. The first kappa shape index (κ1) is 20.8. The molecule has 0 radical (unpaired) electrons. The van der Waals surface area contributed by atoms with E-state index in [9.17, 15) is 9.59 Å². The molecule has 5 rings (SSSR count). The smallest absolute Gasteiger partial charge is 0.298 e. The first-order valence-corrected chi connectivity index (χ1v) is 11.3. The molecule has 5 aromatic rings. The number of ketones is 1. The molecule has 3 aromatic heterocycles. The number of para-hydroxylation sites is 1. The molecule has 8 heteroatoms. The Balaban J connectivity index is 1.44. The molecular formula is C25H21N5O2S. The summed E-state index contributed by atoms with van der Waals surface area (Å²) in [6, 6.07) is 15.6.